The van der Waals surface area contributed by atoms with Crippen molar-refractivity contribution < 1.29 is 14.0 Å². The number of rotatable bonds is 4. The van der Waals surface area contributed by atoms with Crippen molar-refractivity contribution in [3.05, 3.63) is 12.7 Å². The topological polar surface area (TPSA) is 35.5 Å². The summed E-state index contributed by atoms with van der Waals surface area (Å²) in [4.78, 5) is 10.7. The third-order valence-corrected chi connectivity index (χ3v) is 7.05. The summed E-state index contributed by atoms with van der Waals surface area (Å²) < 4.78 is 10.4. The molecule has 0 aromatic carbocycles. The van der Waals surface area contributed by atoms with E-state index in [0.29, 0.717) is 0 Å². The molecular formula is C10H20O3Si. The number of carbonyl (C=O) groups excluding carboxylic acids is 1. The van der Waals surface area contributed by atoms with Crippen molar-refractivity contribution in [1.29, 1.82) is 0 Å². The van der Waals surface area contributed by atoms with Crippen molar-refractivity contribution in [2.45, 2.75) is 38.9 Å². The van der Waals surface area contributed by atoms with Gasteiger partial charge >= 0.3 is 5.97 Å². The Morgan fingerprint density at radius 3 is 2.29 bits per heavy atom. The highest BCUT2D eigenvalue weighted by Crippen LogP contribution is 2.36. The van der Waals surface area contributed by atoms with Gasteiger partial charge in [-0.2, -0.15) is 0 Å². The van der Waals surface area contributed by atoms with E-state index in [1.54, 1.807) is 0 Å². The van der Waals surface area contributed by atoms with Crippen LogP contribution >= 0.6 is 0 Å². The molecule has 0 atom stereocenters. The fraction of sp³-hybridized carbons (Fsp3) is 0.700. The van der Waals surface area contributed by atoms with Crippen molar-refractivity contribution in [3.63, 3.8) is 0 Å². The molecule has 0 aliphatic rings. The monoisotopic (exact) mass is 216 g/mol. The third-order valence-electron chi connectivity index (χ3n) is 2.59. The Labute approximate surface area is 87.2 Å². The fourth-order valence-electron chi connectivity index (χ4n) is 0.510. The Balaban J connectivity index is 4.01. The van der Waals surface area contributed by atoms with E-state index < -0.39 is 14.3 Å². The molecule has 4 heteroatoms. The molecule has 0 unspecified atom stereocenters. The highest BCUT2D eigenvalue weighted by molar-refractivity contribution is 6.74. The smallest absolute Gasteiger partial charge is 0.332 e. The molecule has 0 saturated heterocycles. The van der Waals surface area contributed by atoms with Gasteiger partial charge in [-0.05, 0) is 18.1 Å². The Kier molecular flexibility index (Phi) is 4.54. The van der Waals surface area contributed by atoms with E-state index in [9.17, 15) is 4.79 Å². The molecule has 0 saturated carbocycles. The molecule has 0 bridgehead atoms. The van der Waals surface area contributed by atoms with E-state index >= 15 is 0 Å². The van der Waals surface area contributed by atoms with Crippen molar-refractivity contribution in [3.8, 4) is 0 Å². The average Bonchev–Trinajstić information content (AvgIpc) is 2.01. The molecule has 0 aromatic rings. The Hall–Kier alpha value is -0.613. The first-order chi connectivity index (χ1) is 6.20. The van der Waals surface area contributed by atoms with Gasteiger partial charge in [0.05, 0.1) is 0 Å². The molecule has 0 fully saturated rings. The molecule has 0 radical (unpaired) electrons. The zero-order valence-corrected chi connectivity index (χ0v) is 10.7. The SMILES string of the molecule is C=CC(=O)OCO[Si](C)(C)C(C)(C)C. The van der Waals surface area contributed by atoms with Crippen LogP contribution in [0.3, 0.4) is 0 Å². The van der Waals surface area contributed by atoms with Crippen LogP contribution in [-0.4, -0.2) is 21.1 Å². The van der Waals surface area contributed by atoms with Crippen molar-refractivity contribution in [2.24, 2.45) is 0 Å². The van der Waals surface area contributed by atoms with Crippen LogP contribution in [0.2, 0.25) is 18.1 Å². The van der Waals surface area contributed by atoms with Crippen LogP contribution in [0.4, 0.5) is 0 Å². The minimum Gasteiger partial charge on any atom is -0.436 e. The molecule has 0 N–H and O–H groups in total. The van der Waals surface area contributed by atoms with Crippen molar-refractivity contribution >= 4 is 14.3 Å². The first kappa shape index (κ1) is 13.4. The van der Waals surface area contributed by atoms with Crippen LogP contribution in [0.5, 0.6) is 0 Å². The van der Waals surface area contributed by atoms with Crippen LogP contribution in [-0.2, 0) is 14.0 Å². The number of ether oxygens (including phenoxy) is 1. The standard InChI is InChI=1S/C10H20O3Si/c1-7-9(11)12-8-13-14(5,6)10(2,3)4/h7H,1,8H2,2-6H3. The molecule has 0 heterocycles. The van der Waals surface area contributed by atoms with Gasteiger partial charge in [0.2, 0.25) is 0 Å². The van der Waals surface area contributed by atoms with Gasteiger partial charge in [0, 0.05) is 6.08 Å². The summed E-state index contributed by atoms with van der Waals surface area (Å²) in [7, 11) is -1.80. The number of hydrogen-bond donors (Lipinski definition) is 0. The lowest BCUT2D eigenvalue weighted by Crippen LogP contribution is -2.41. The maximum absolute atomic E-state index is 10.7. The number of carbonyl (C=O) groups is 1. The minimum absolute atomic E-state index is 0.0291. The van der Waals surface area contributed by atoms with Gasteiger partial charge in [0.25, 0.3) is 0 Å². The second-order valence-electron chi connectivity index (χ2n) is 4.69. The molecule has 3 nitrogen and oxygen atoms in total. The summed E-state index contributed by atoms with van der Waals surface area (Å²) in [6.07, 6.45) is 1.13. The van der Waals surface area contributed by atoms with E-state index in [0.717, 1.165) is 6.08 Å². The summed E-state index contributed by atoms with van der Waals surface area (Å²) >= 11 is 0. The second kappa shape index (κ2) is 4.75. The van der Waals surface area contributed by atoms with Gasteiger partial charge in [-0.25, -0.2) is 4.79 Å². The zero-order valence-electron chi connectivity index (χ0n) is 9.72. The maximum Gasteiger partial charge on any atom is 0.332 e. The van der Waals surface area contributed by atoms with Crippen LogP contribution in [0.25, 0.3) is 0 Å². The van der Waals surface area contributed by atoms with Crippen LogP contribution in [0, 0.1) is 0 Å². The predicted molar refractivity (Wildman–Crippen MR) is 59.4 cm³/mol. The van der Waals surface area contributed by atoms with Gasteiger partial charge in [0.1, 0.15) is 0 Å². The molecule has 82 valence electrons. The molecule has 14 heavy (non-hydrogen) atoms. The van der Waals surface area contributed by atoms with Crippen molar-refractivity contribution in [1.82, 2.24) is 0 Å². The van der Waals surface area contributed by atoms with Crippen LogP contribution < -0.4 is 0 Å². The average molecular weight is 216 g/mol. The molecule has 0 spiro atoms. The van der Waals surface area contributed by atoms with Gasteiger partial charge in [0.15, 0.2) is 15.1 Å². The summed E-state index contributed by atoms with van der Waals surface area (Å²) in [6.45, 7) is 13.9. The van der Waals surface area contributed by atoms with Crippen LogP contribution in [0.15, 0.2) is 12.7 Å². The Morgan fingerprint density at radius 1 is 1.43 bits per heavy atom. The molecular weight excluding hydrogens is 196 g/mol. The lowest BCUT2D eigenvalue weighted by atomic mass is 10.2. The predicted octanol–water partition coefficient (Wildman–Crippen LogP) is 2.69. The zero-order chi connectivity index (χ0) is 11.4. The van der Waals surface area contributed by atoms with Crippen LogP contribution in [0.1, 0.15) is 20.8 Å². The minimum atomic E-state index is -1.80. The van der Waals surface area contributed by atoms with Gasteiger partial charge < -0.3 is 9.16 Å². The maximum atomic E-state index is 10.7. The van der Waals surface area contributed by atoms with Crippen molar-refractivity contribution in [2.75, 3.05) is 6.79 Å². The van der Waals surface area contributed by atoms with Gasteiger partial charge in [-0.1, -0.05) is 27.4 Å². The summed E-state index contributed by atoms with van der Waals surface area (Å²) in [5.74, 6) is -0.441. The van der Waals surface area contributed by atoms with E-state index in [2.05, 4.69) is 40.4 Å². The quantitative estimate of drug-likeness (QED) is 0.314. The number of hydrogen-bond acceptors (Lipinski definition) is 3. The lowest BCUT2D eigenvalue weighted by molar-refractivity contribution is -0.144. The summed E-state index contributed by atoms with van der Waals surface area (Å²) in [5, 5.41) is 0.133. The van der Waals surface area contributed by atoms with Gasteiger partial charge in [-0.3, -0.25) is 0 Å². The molecule has 0 amide bonds. The fourth-order valence-corrected chi connectivity index (χ4v) is 1.30. The van der Waals surface area contributed by atoms with E-state index in [1.807, 2.05) is 0 Å². The molecule has 0 rings (SSSR count). The van der Waals surface area contributed by atoms with E-state index in [4.69, 9.17) is 9.16 Å². The Morgan fingerprint density at radius 2 is 1.93 bits per heavy atom. The van der Waals surface area contributed by atoms with E-state index in [-0.39, 0.29) is 11.8 Å². The first-order valence-electron chi connectivity index (χ1n) is 4.64. The number of esters is 1. The van der Waals surface area contributed by atoms with Gasteiger partial charge in [-0.15, -0.1) is 0 Å². The molecule has 0 aliphatic heterocycles. The molecule has 0 aliphatic carbocycles. The normalized spacial score (nSPS) is 12.4. The summed E-state index contributed by atoms with van der Waals surface area (Å²) in [6, 6.07) is 0. The highest BCUT2D eigenvalue weighted by Gasteiger charge is 2.37. The third kappa shape index (κ3) is 4.06. The summed E-state index contributed by atoms with van der Waals surface area (Å²) in [5.41, 5.74) is 0. The van der Waals surface area contributed by atoms with E-state index in [1.165, 1.54) is 0 Å². The second-order valence-corrected chi connectivity index (χ2v) is 9.50. The largest absolute Gasteiger partial charge is 0.436 e. The lowest BCUT2D eigenvalue weighted by Gasteiger charge is -2.35. The Bertz CT molecular complexity index is 216. The highest BCUT2D eigenvalue weighted by atomic mass is 28.4. The molecule has 0 aromatic heterocycles. The first-order valence-corrected chi connectivity index (χ1v) is 7.54.